The molecule has 35 heavy (non-hydrogen) atoms. The third kappa shape index (κ3) is 6.07. The maximum absolute atomic E-state index is 13.3. The second-order valence-corrected chi connectivity index (χ2v) is 8.20. The number of anilines is 1. The van der Waals surface area contributed by atoms with Crippen molar-refractivity contribution in [1.29, 1.82) is 0 Å². The lowest BCUT2D eigenvalue weighted by molar-refractivity contribution is 0.102. The number of carbonyl (C=O) groups is 1. The van der Waals surface area contributed by atoms with Gasteiger partial charge < -0.3 is 10.4 Å². The number of nitrogens with zero attached hydrogens (tertiary/aromatic N) is 4. The summed E-state index contributed by atoms with van der Waals surface area (Å²) < 4.78 is 1.90. The molecule has 0 saturated carbocycles. The number of para-hydroxylation sites is 1. The summed E-state index contributed by atoms with van der Waals surface area (Å²) in [4.78, 5) is 13.3. The molecule has 178 valence electrons. The van der Waals surface area contributed by atoms with Gasteiger partial charge in [0.1, 0.15) is 5.69 Å². The Morgan fingerprint density at radius 3 is 2.31 bits per heavy atom. The van der Waals surface area contributed by atoms with Crippen LogP contribution in [0.25, 0.3) is 11.3 Å². The van der Waals surface area contributed by atoms with Gasteiger partial charge in [-0.2, -0.15) is 10.2 Å². The number of aliphatic hydroxyl groups excluding tert-OH is 1. The van der Waals surface area contributed by atoms with Crippen LogP contribution in [-0.4, -0.2) is 27.4 Å². The Bertz CT molecular complexity index is 1280. The molecule has 1 heterocycles. The van der Waals surface area contributed by atoms with Crippen LogP contribution in [0.5, 0.6) is 0 Å². The van der Waals surface area contributed by atoms with Gasteiger partial charge in [-0.05, 0) is 50.5 Å². The zero-order chi connectivity index (χ0) is 24.5. The second kappa shape index (κ2) is 11.9. The maximum Gasteiger partial charge on any atom is 0.276 e. The fourth-order valence-electron chi connectivity index (χ4n) is 3.89. The van der Waals surface area contributed by atoms with E-state index in [1.165, 1.54) is 0 Å². The van der Waals surface area contributed by atoms with Crippen LogP contribution in [0.15, 0.2) is 95.2 Å². The second-order valence-electron chi connectivity index (χ2n) is 8.20. The Kier molecular flexibility index (Phi) is 8.14. The van der Waals surface area contributed by atoms with E-state index in [4.69, 9.17) is 10.2 Å². The van der Waals surface area contributed by atoms with Crippen LogP contribution in [0.1, 0.15) is 35.3 Å². The Morgan fingerprint density at radius 1 is 0.886 bits per heavy atom. The van der Waals surface area contributed by atoms with Gasteiger partial charge in [0.15, 0.2) is 5.69 Å². The molecule has 3 aromatic carbocycles. The van der Waals surface area contributed by atoms with E-state index >= 15 is 0 Å². The first-order valence-electron chi connectivity index (χ1n) is 11.8. The van der Waals surface area contributed by atoms with E-state index < -0.39 is 0 Å². The topological polar surface area (TPSA) is 91.9 Å². The first-order chi connectivity index (χ1) is 17.2. The van der Waals surface area contributed by atoms with Gasteiger partial charge in [-0.15, -0.1) is 5.11 Å². The number of unbranched alkanes of at least 4 members (excludes halogenated alkanes) is 2. The van der Waals surface area contributed by atoms with Gasteiger partial charge in [0.25, 0.3) is 5.91 Å². The molecule has 0 aliphatic heterocycles. The lowest BCUT2D eigenvalue weighted by Crippen LogP contribution is -2.14. The standard InChI is InChI=1S/C28H29N5O2/c1-21-26(32-33(19-11-4-12-20-34)27(21)22-13-5-2-6-14-22)28(35)29-24-17-9-10-18-25(24)31-30-23-15-7-3-8-16-23/h2-3,5-10,13-18,34H,4,11-12,19-20H2,1H3,(H,29,35). The molecule has 7 heteroatoms. The van der Waals surface area contributed by atoms with Crippen molar-refractivity contribution in [3.63, 3.8) is 0 Å². The van der Waals surface area contributed by atoms with Crippen LogP contribution in [0.2, 0.25) is 0 Å². The van der Waals surface area contributed by atoms with Gasteiger partial charge in [0.2, 0.25) is 0 Å². The van der Waals surface area contributed by atoms with Crippen molar-refractivity contribution in [3.8, 4) is 11.3 Å². The van der Waals surface area contributed by atoms with E-state index in [0.717, 1.165) is 41.8 Å². The van der Waals surface area contributed by atoms with Gasteiger partial charge in [-0.25, -0.2) is 0 Å². The average molecular weight is 468 g/mol. The number of aliphatic hydroxyl groups is 1. The molecule has 0 bridgehead atoms. The highest BCUT2D eigenvalue weighted by atomic mass is 16.2. The molecular formula is C28H29N5O2. The molecule has 0 fully saturated rings. The molecule has 7 nitrogen and oxygen atoms in total. The number of hydrogen-bond donors (Lipinski definition) is 2. The van der Waals surface area contributed by atoms with Crippen LogP contribution in [0, 0.1) is 6.92 Å². The number of benzene rings is 3. The molecule has 0 radical (unpaired) electrons. The van der Waals surface area contributed by atoms with E-state index in [0.29, 0.717) is 23.6 Å². The van der Waals surface area contributed by atoms with Crippen LogP contribution in [0.3, 0.4) is 0 Å². The summed E-state index contributed by atoms with van der Waals surface area (Å²) in [6.45, 7) is 2.77. The highest BCUT2D eigenvalue weighted by molar-refractivity contribution is 6.06. The highest BCUT2D eigenvalue weighted by Crippen LogP contribution is 2.30. The predicted octanol–water partition coefficient (Wildman–Crippen LogP) is 6.69. The summed E-state index contributed by atoms with van der Waals surface area (Å²) in [6.07, 6.45) is 2.51. The minimum absolute atomic E-state index is 0.179. The molecule has 0 saturated heterocycles. The molecule has 1 aromatic heterocycles. The zero-order valence-electron chi connectivity index (χ0n) is 19.8. The number of carbonyl (C=O) groups excluding carboxylic acids is 1. The summed E-state index contributed by atoms with van der Waals surface area (Å²) in [5, 5.41) is 25.4. The first-order valence-corrected chi connectivity index (χ1v) is 11.8. The summed E-state index contributed by atoms with van der Waals surface area (Å²) in [5.74, 6) is -0.295. The van der Waals surface area contributed by atoms with Gasteiger partial charge in [-0.1, -0.05) is 60.7 Å². The van der Waals surface area contributed by atoms with E-state index in [2.05, 4.69) is 15.5 Å². The van der Waals surface area contributed by atoms with Crippen molar-refractivity contribution in [1.82, 2.24) is 9.78 Å². The number of aromatic nitrogens is 2. The van der Waals surface area contributed by atoms with Crippen molar-refractivity contribution >= 4 is 23.0 Å². The van der Waals surface area contributed by atoms with Crippen molar-refractivity contribution in [2.45, 2.75) is 32.7 Å². The zero-order valence-corrected chi connectivity index (χ0v) is 19.8. The van der Waals surface area contributed by atoms with Crippen molar-refractivity contribution in [2.24, 2.45) is 10.2 Å². The van der Waals surface area contributed by atoms with Gasteiger partial charge in [0, 0.05) is 24.3 Å². The quantitative estimate of drug-likeness (QED) is 0.201. The summed E-state index contributed by atoms with van der Waals surface area (Å²) in [6, 6.07) is 26.7. The minimum atomic E-state index is -0.295. The number of rotatable bonds is 10. The number of azo groups is 1. The lowest BCUT2D eigenvalue weighted by Gasteiger charge is -2.08. The maximum atomic E-state index is 13.3. The monoisotopic (exact) mass is 467 g/mol. The van der Waals surface area contributed by atoms with Crippen molar-refractivity contribution in [2.75, 3.05) is 11.9 Å². The minimum Gasteiger partial charge on any atom is -0.396 e. The molecule has 0 unspecified atom stereocenters. The molecule has 0 aliphatic rings. The number of nitrogens with one attached hydrogen (secondary N) is 1. The van der Waals surface area contributed by atoms with Gasteiger partial charge in [-0.3, -0.25) is 9.48 Å². The Balaban J connectivity index is 1.60. The van der Waals surface area contributed by atoms with Crippen molar-refractivity contribution in [3.05, 3.63) is 96.2 Å². The number of aryl methyl sites for hydroxylation is 1. The highest BCUT2D eigenvalue weighted by Gasteiger charge is 2.21. The van der Waals surface area contributed by atoms with Crippen molar-refractivity contribution < 1.29 is 9.90 Å². The lowest BCUT2D eigenvalue weighted by atomic mass is 10.1. The third-order valence-electron chi connectivity index (χ3n) is 5.66. The Hall–Kier alpha value is -4.10. The van der Waals surface area contributed by atoms with E-state index in [1.807, 2.05) is 90.5 Å². The van der Waals surface area contributed by atoms with Crippen LogP contribution in [-0.2, 0) is 6.54 Å². The van der Waals surface area contributed by atoms with Crippen LogP contribution in [0.4, 0.5) is 17.1 Å². The number of hydrogen-bond acceptors (Lipinski definition) is 5. The fourth-order valence-corrected chi connectivity index (χ4v) is 3.89. The number of amides is 1. The molecule has 4 aromatic rings. The third-order valence-corrected chi connectivity index (χ3v) is 5.66. The molecule has 0 spiro atoms. The van der Waals surface area contributed by atoms with Crippen LogP contribution >= 0.6 is 0 Å². The smallest absolute Gasteiger partial charge is 0.276 e. The fraction of sp³-hybridized carbons (Fsp3) is 0.214. The largest absolute Gasteiger partial charge is 0.396 e. The first kappa shape index (κ1) is 24.0. The molecular weight excluding hydrogens is 438 g/mol. The normalized spacial score (nSPS) is 11.1. The predicted molar refractivity (Wildman–Crippen MR) is 138 cm³/mol. The molecule has 2 N–H and O–H groups in total. The van der Waals surface area contributed by atoms with Gasteiger partial charge in [0.05, 0.1) is 17.1 Å². The van der Waals surface area contributed by atoms with E-state index in [-0.39, 0.29) is 12.5 Å². The summed E-state index contributed by atoms with van der Waals surface area (Å²) in [7, 11) is 0. The molecule has 4 rings (SSSR count). The average Bonchev–Trinajstić information content (AvgIpc) is 3.23. The summed E-state index contributed by atoms with van der Waals surface area (Å²) >= 11 is 0. The van der Waals surface area contributed by atoms with Gasteiger partial charge >= 0.3 is 0 Å². The SMILES string of the molecule is Cc1c(C(=O)Nc2ccccc2N=Nc2ccccc2)nn(CCCCCO)c1-c1ccccc1. The molecule has 1 amide bonds. The Labute approximate surface area is 205 Å². The Morgan fingerprint density at radius 2 is 1.57 bits per heavy atom. The molecule has 0 atom stereocenters. The van der Waals surface area contributed by atoms with E-state index in [1.54, 1.807) is 6.07 Å². The summed E-state index contributed by atoms with van der Waals surface area (Å²) in [5.41, 5.74) is 4.99. The van der Waals surface area contributed by atoms with Crippen LogP contribution < -0.4 is 5.32 Å². The molecule has 0 aliphatic carbocycles. The van der Waals surface area contributed by atoms with E-state index in [9.17, 15) is 4.79 Å².